The monoisotopic (exact) mass is 342 g/mol. The average Bonchev–Trinajstić information content (AvgIpc) is 3.15. The summed E-state index contributed by atoms with van der Waals surface area (Å²) in [5.74, 6) is -1.84. The summed E-state index contributed by atoms with van der Waals surface area (Å²) in [4.78, 5) is 12.2. The van der Waals surface area contributed by atoms with Crippen molar-refractivity contribution in [1.82, 2.24) is 20.3 Å². The molecular formula is C15H14F4N4O. The van der Waals surface area contributed by atoms with Gasteiger partial charge in [0.05, 0.1) is 0 Å². The summed E-state index contributed by atoms with van der Waals surface area (Å²) < 4.78 is 54.4. The number of halogens is 4. The predicted octanol–water partition coefficient (Wildman–Crippen LogP) is 3.10. The first-order chi connectivity index (χ1) is 11.4. The van der Waals surface area contributed by atoms with E-state index in [9.17, 15) is 22.4 Å². The fraction of sp³-hybridized carbons (Fsp3) is 0.400. The van der Waals surface area contributed by atoms with Crippen molar-refractivity contribution >= 4 is 5.91 Å². The summed E-state index contributed by atoms with van der Waals surface area (Å²) in [7, 11) is 0. The summed E-state index contributed by atoms with van der Waals surface area (Å²) in [6.45, 7) is 0. The van der Waals surface area contributed by atoms with E-state index in [-0.39, 0.29) is 6.04 Å². The number of aromatic nitrogens is 3. The molecule has 0 atom stereocenters. The van der Waals surface area contributed by atoms with Crippen LogP contribution in [0.5, 0.6) is 0 Å². The van der Waals surface area contributed by atoms with E-state index in [2.05, 4.69) is 15.6 Å². The Morgan fingerprint density at radius 2 is 1.88 bits per heavy atom. The minimum atomic E-state index is -4.91. The lowest BCUT2D eigenvalue weighted by atomic mass is 10.2. The van der Waals surface area contributed by atoms with E-state index in [1.54, 1.807) is 0 Å². The van der Waals surface area contributed by atoms with E-state index in [1.807, 2.05) is 0 Å². The highest BCUT2D eigenvalue weighted by Gasteiger charge is 2.42. The third kappa shape index (κ3) is 3.10. The molecule has 1 aromatic carbocycles. The van der Waals surface area contributed by atoms with Crippen LogP contribution in [0.4, 0.5) is 17.6 Å². The van der Waals surface area contributed by atoms with Crippen molar-refractivity contribution in [3.8, 4) is 5.69 Å². The Bertz CT molecular complexity index is 750. The molecule has 1 aliphatic rings. The normalized spacial score (nSPS) is 15.7. The van der Waals surface area contributed by atoms with Gasteiger partial charge in [0.25, 0.3) is 5.91 Å². The van der Waals surface area contributed by atoms with Gasteiger partial charge in [-0.25, -0.2) is 9.07 Å². The third-order valence-electron chi connectivity index (χ3n) is 3.92. The second kappa shape index (κ2) is 6.21. The molecule has 128 valence electrons. The Morgan fingerprint density at radius 1 is 1.21 bits per heavy atom. The Hall–Kier alpha value is -2.45. The number of carbonyl (C=O) groups excluding carboxylic acids is 1. The Morgan fingerprint density at radius 3 is 2.50 bits per heavy atom. The molecule has 5 nitrogen and oxygen atoms in total. The van der Waals surface area contributed by atoms with Crippen LogP contribution in [-0.4, -0.2) is 26.9 Å². The molecule has 0 radical (unpaired) electrons. The average molecular weight is 342 g/mol. The molecule has 2 aromatic rings. The summed E-state index contributed by atoms with van der Waals surface area (Å²) in [5, 5.41) is 9.25. The molecule has 3 rings (SSSR count). The van der Waals surface area contributed by atoms with Gasteiger partial charge in [0, 0.05) is 6.04 Å². The molecule has 1 aliphatic carbocycles. The molecule has 0 saturated heterocycles. The number of hydrogen-bond donors (Lipinski definition) is 1. The Balaban J connectivity index is 2.01. The van der Waals surface area contributed by atoms with Crippen LogP contribution in [0.1, 0.15) is 41.9 Å². The zero-order chi connectivity index (χ0) is 17.3. The van der Waals surface area contributed by atoms with Crippen molar-refractivity contribution in [2.45, 2.75) is 37.9 Å². The highest BCUT2D eigenvalue weighted by molar-refractivity contribution is 5.93. The van der Waals surface area contributed by atoms with E-state index in [4.69, 9.17) is 0 Å². The second-order valence-electron chi connectivity index (χ2n) is 5.60. The summed E-state index contributed by atoms with van der Waals surface area (Å²) in [5.41, 5.74) is -2.65. The molecule has 0 aliphatic heterocycles. The lowest BCUT2D eigenvalue weighted by Gasteiger charge is -2.13. The van der Waals surface area contributed by atoms with Gasteiger partial charge in [-0.1, -0.05) is 30.2 Å². The maximum atomic E-state index is 13.8. The number of carbonyl (C=O) groups is 1. The number of hydrogen-bond acceptors (Lipinski definition) is 3. The number of benzene rings is 1. The van der Waals surface area contributed by atoms with Gasteiger partial charge in [0.15, 0.2) is 11.4 Å². The van der Waals surface area contributed by atoms with Gasteiger partial charge in [-0.05, 0) is 25.0 Å². The maximum absolute atomic E-state index is 13.8. The van der Waals surface area contributed by atoms with Crippen LogP contribution in [0.25, 0.3) is 5.69 Å². The van der Waals surface area contributed by atoms with E-state index < -0.39 is 35.0 Å². The molecule has 1 amide bonds. The molecular weight excluding hydrogens is 328 g/mol. The molecule has 1 N–H and O–H groups in total. The number of alkyl halides is 3. The maximum Gasteiger partial charge on any atom is 0.435 e. The van der Waals surface area contributed by atoms with Crippen molar-refractivity contribution in [3.63, 3.8) is 0 Å². The van der Waals surface area contributed by atoms with Crippen molar-refractivity contribution in [1.29, 1.82) is 0 Å². The Kier molecular flexibility index (Phi) is 4.25. The molecule has 9 heteroatoms. The summed E-state index contributed by atoms with van der Waals surface area (Å²) in [6, 6.07) is 4.69. The first-order valence-corrected chi connectivity index (χ1v) is 7.46. The van der Waals surface area contributed by atoms with Crippen LogP contribution < -0.4 is 5.32 Å². The number of rotatable bonds is 3. The van der Waals surface area contributed by atoms with Gasteiger partial charge in [-0.3, -0.25) is 4.79 Å². The third-order valence-corrected chi connectivity index (χ3v) is 3.92. The predicted molar refractivity (Wildman–Crippen MR) is 76.0 cm³/mol. The van der Waals surface area contributed by atoms with Gasteiger partial charge < -0.3 is 5.32 Å². The standard InChI is InChI=1S/C15H14F4N4O/c16-10-7-3-4-8-11(10)23-13(15(17,18)19)12(21-22-23)14(24)20-9-5-1-2-6-9/h3-4,7-9H,1-2,5-6H2,(H,20,24). The molecule has 1 aromatic heterocycles. The van der Waals surface area contributed by atoms with Crippen molar-refractivity contribution in [3.05, 3.63) is 41.5 Å². The summed E-state index contributed by atoms with van der Waals surface area (Å²) >= 11 is 0. The number of nitrogens with zero attached hydrogens (tertiary/aromatic N) is 3. The Labute approximate surface area is 134 Å². The van der Waals surface area contributed by atoms with Crippen molar-refractivity contribution in [2.24, 2.45) is 0 Å². The van der Waals surface area contributed by atoms with Gasteiger partial charge in [0.2, 0.25) is 0 Å². The van der Waals surface area contributed by atoms with E-state index in [0.29, 0.717) is 17.5 Å². The second-order valence-corrected chi connectivity index (χ2v) is 5.60. The quantitative estimate of drug-likeness (QED) is 0.872. The molecule has 1 saturated carbocycles. The van der Waals surface area contributed by atoms with Crippen molar-refractivity contribution < 1.29 is 22.4 Å². The highest BCUT2D eigenvalue weighted by Crippen LogP contribution is 2.33. The zero-order valence-electron chi connectivity index (χ0n) is 12.5. The minimum absolute atomic E-state index is 0.169. The molecule has 1 fully saturated rings. The number of para-hydroxylation sites is 1. The SMILES string of the molecule is O=C(NC1CCCC1)c1nnn(-c2ccccc2F)c1C(F)(F)F. The topological polar surface area (TPSA) is 59.8 Å². The van der Waals surface area contributed by atoms with E-state index in [0.717, 1.165) is 25.0 Å². The van der Waals surface area contributed by atoms with E-state index >= 15 is 0 Å². The lowest BCUT2D eigenvalue weighted by Crippen LogP contribution is -2.34. The van der Waals surface area contributed by atoms with Crippen LogP contribution in [-0.2, 0) is 6.18 Å². The van der Waals surface area contributed by atoms with Crippen LogP contribution in [0.2, 0.25) is 0 Å². The van der Waals surface area contributed by atoms with Crippen LogP contribution >= 0.6 is 0 Å². The van der Waals surface area contributed by atoms with Crippen LogP contribution in [0, 0.1) is 5.82 Å². The van der Waals surface area contributed by atoms with Crippen LogP contribution in [0.15, 0.2) is 24.3 Å². The lowest BCUT2D eigenvalue weighted by molar-refractivity contribution is -0.143. The van der Waals surface area contributed by atoms with Crippen molar-refractivity contribution in [2.75, 3.05) is 0 Å². The number of amides is 1. The van der Waals surface area contributed by atoms with Gasteiger partial charge in [-0.2, -0.15) is 13.2 Å². The summed E-state index contributed by atoms with van der Waals surface area (Å²) in [6.07, 6.45) is -1.64. The first kappa shape index (κ1) is 16.4. The largest absolute Gasteiger partial charge is 0.435 e. The van der Waals surface area contributed by atoms with Gasteiger partial charge in [-0.15, -0.1) is 5.10 Å². The first-order valence-electron chi connectivity index (χ1n) is 7.46. The van der Waals surface area contributed by atoms with E-state index in [1.165, 1.54) is 12.1 Å². The van der Waals surface area contributed by atoms with Gasteiger partial charge in [0.1, 0.15) is 11.5 Å². The molecule has 1 heterocycles. The minimum Gasteiger partial charge on any atom is -0.348 e. The molecule has 24 heavy (non-hydrogen) atoms. The van der Waals surface area contributed by atoms with Crippen LogP contribution in [0.3, 0.4) is 0 Å². The molecule has 0 unspecified atom stereocenters. The highest BCUT2D eigenvalue weighted by atomic mass is 19.4. The smallest absolute Gasteiger partial charge is 0.348 e. The number of nitrogens with one attached hydrogen (secondary N) is 1. The fourth-order valence-electron chi connectivity index (χ4n) is 2.81. The fourth-order valence-corrected chi connectivity index (χ4v) is 2.81. The molecule has 0 bridgehead atoms. The van der Waals surface area contributed by atoms with Gasteiger partial charge >= 0.3 is 6.18 Å². The zero-order valence-corrected chi connectivity index (χ0v) is 12.5. The molecule has 0 spiro atoms.